The monoisotopic (exact) mass is 201 g/mol. The van der Waals surface area contributed by atoms with Gasteiger partial charge in [-0.25, -0.2) is 13.8 Å². The highest BCUT2D eigenvalue weighted by atomic mass is 19.3. The topological polar surface area (TPSA) is 40.7 Å². The van der Waals surface area contributed by atoms with Gasteiger partial charge in [0, 0.05) is 5.92 Å². The van der Waals surface area contributed by atoms with Gasteiger partial charge in [-0.1, -0.05) is 0 Å². The molecule has 2 rings (SSSR count). The van der Waals surface area contributed by atoms with Gasteiger partial charge in [0.25, 0.3) is 6.43 Å². The highest BCUT2D eigenvalue weighted by molar-refractivity contribution is 5.07. The van der Waals surface area contributed by atoms with Crippen LogP contribution in [0.4, 0.5) is 8.78 Å². The van der Waals surface area contributed by atoms with E-state index in [1.807, 2.05) is 0 Å². The van der Waals surface area contributed by atoms with Gasteiger partial charge in [0.15, 0.2) is 0 Å². The van der Waals surface area contributed by atoms with E-state index in [0.29, 0.717) is 11.7 Å². The van der Waals surface area contributed by atoms with E-state index in [1.165, 1.54) is 6.20 Å². The molecule has 0 bridgehead atoms. The Morgan fingerprint density at radius 1 is 1.36 bits per heavy atom. The number of nitrogens with one attached hydrogen (secondary N) is 2. The highest BCUT2D eigenvalue weighted by Crippen LogP contribution is 2.24. The smallest absolute Gasteiger partial charge is 0.279 e. The number of alkyl halides is 2. The van der Waals surface area contributed by atoms with E-state index in [4.69, 9.17) is 0 Å². The fourth-order valence-corrected chi connectivity index (χ4v) is 1.77. The van der Waals surface area contributed by atoms with Crippen LogP contribution in [0, 0.1) is 0 Å². The molecule has 14 heavy (non-hydrogen) atoms. The Morgan fingerprint density at radius 3 is 2.64 bits per heavy atom. The molecule has 2 heterocycles. The van der Waals surface area contributed by atoms with E-state index in [0.717, 1.165) is 25.9 Å². The molecule has 2 N–H and O–H groups in total. The molecule has 1 aliphatic heterocycles. The third-order valence-corrected chi connectivity index (χ3v) is 2.58. The maximum absolute atomic E-state index is 12.3. The van der Waals surface area contributed by atoms with Gasteiger partial charge in [0.05, 0.1) is 6.20 Å². The molecule has 1 fully saturated rings. The standard InChI is InChI=1S/C9H13F2N3/c10-8(11)7-5-13-9(14-7)6-1-3-12-4-2-6/h5-6,8,12H,1-4H2,(H,13,14). The first-order chi connectivity index (χ1) is 6.77. The van der Waals surface area contributed by atoms with Crippen LogP contribution in [-0.2, 0) is 0 Å². The van der Waals surface area contributed by atoms with Gasteiger partial charge in [-0.3, -0.25) is 0 Å². The Kier molecular flexibility index (Phi) is 2.77. The summed E-state index contributed by atoms with van der Waals surface area (Å²) >= 11 is 0. The molecule has 0 atom stereocenters. The zero-order valence-electron chi connectivity index (χ0n) is 7.76. The van der Waals surface area contributed by atoms with Gasteiger partial charge in [0.2, 0.25) is 0 Å². The molecule has 78 valence electrons. The van der Waals surface area contributed by atoms with Crippen LogP contribution in [0.15, 0.2) is 6.20 Å². The second kappa shape index (κ2) is 4.04. The molecule has 5 heteroatoms. The average molecular weight is 201 g/mol. The van der Waals surface area contributed by atoms with Gasteiger partial charge in [-0.15, -0.1) is 0 Å². The van der Waals surface area contributed by atoms with Crippen molar-refractivity contribution in [1.29, 1.82) is 0 Å². The lowest BCUT2D eigenvalue weighted by Gasteiger charge is -2.20. The van der Waals surface area contributed by atoms with Crippen LogP contribution in [0.3, 0.4) is 0 Å². The summed E-state index contributed by atoms with van der Waals surface area (Å²) in [5.41, 5.74) is -0.0708. The summed E-state index contributed by atoms with van der Waals surface area (Å²) < 4.78 is 24.5. The summed E-state index contributed by atoms with van der Waals surface area (Å²) in [6.07, 6.45) is 0.729. The van der Waals surface area contributed by atoms with E-state index < -0.39 is 6.43 Å². The van der Waals surface area contributed by atoms with Crippen molar-refractivity contribution in [3.63, 3.8) is 0 Å². The van der Waals surface area contributed by atoms with Crippen LogP contribution >= 0.6 is 0 Å². The van der Waals surface area contributed by atoms with Crippen LogP contribution in [0.1, 0.15) is 36.7 Å². The number of H-pyrrole nitrogens is 1. The summed E-state index contributed by atoms with van der Waals surface area (Å²) in [4.78, 5) is 6.69. The van der Waals surface area contributed by atoms with Crippen LogP contribution in [0.5, 0.6) is 0 Å². The normalized spacial score (nSPS) is 19.1. The third kappa shape index (κ3) is 1.92. The van der Waals surface area contributed by atoms with Crippen molar-refractivity contribution in [3.8, 4) is 0 Å². The van der Waals surface area contributed by atoms with Gasteiger partial charge in [-0.05, 0) is 25.9 Å². The molecule has 1 saturated heterocycles. The molecule has 0 amide bonds. The van der Waals surface area contributed by atoms with Gasteiger partial charge >= 0.3 is 0 Å². The van der Waals surface area contributed by atoms with E-state index in [-0.39, 0.29) is 5.69 Å². The average Bonchev–Trinajstić information content (AvgIpc) is 2.68. The minimum Gasteiger partial charge on any atom is -0.341 e. The van der Waals surface area contributed by atoms with E-state index >= 15 is 0 Å². The molecule has 3 nitrogen and oxygen atoms in total. The second-order valence-electron chi connectivity index (χ2n) is 3.55. The van der Waals surface area contributed by atoms with E-state index in [2.05, 4.69) is 15.3 Å². The predicted octanol–water partition coefficient (Wildman–Crippen LogP) is 1.81. The number of aromatic nitrogens is 2. The number of nitrogens with zero attached hydrogens (tertiary/aromatic N) is 1. The van der Waals surface area contributed by atoms with Gasteiger partial charge < -0.3 is 10.3 Å². The first-order valence-electron chi connectivity index (χ1n) is 4.81. The van der Waals surface area contributed by atoms with E-state index in [9.17, 15) is 8.78 Å². The largest absolute Gasteiger partial charge is 0.341 e. The molecule has 0 unspecified atom stereocenters. The Balaban J connectivity index is 2.07. The number of piperidine rings is 1. The SMILES string of the molecule is FC(F)c1cnc(C2CCNCC2)[nH]1. The van der Waals surface area contributed by atoms with E-state index in [1.54, 1.807) is 0 Å². The van der Waals surface area contributed by atoms with Gasteiger partial charge in [0.1, 0.15) is 11.5 Å². The molecule has 0 radical (unpaired) electrons. The molecule has 0 aromatic carbocycles. The fraction of sp³-hybridized carbons (Fsp3) is 0.667. The van der Waals surface area contributed by atoms with Crippen molar-refractivity contribution in [2.45, 2.75) is 25.2 Å². The molecular weight excluding hydrogens is 188 g/mol. The summed E-state index contributed by atoms with van der Waals surface area (Å²) in [7, 11) is 0. The molecule has 0 spiro atoms. The lowest BCUT2D eigenvalue weighted by molar-refractivity contribution is 0.146. The number of rotatable bonds is 2. The Hall–Kier alpha value is -0.970. The van der Waals surface area contributed by atoms with Crippen molar-refractivity contribution in [2.24, 2.45) is 0 Å². The van der Waals surface area contributed by atoms with Crippen molar-refractivity contribution in [1.82, 2.24) is 15.3 Å². The number of hydrogen-bond acceptors (Lipinski definition) is 2. The van der Waals surface area contributed by atoms with Crippen molar-refractivity contribution >= 4 is 0 Å². The Morgan fingerprint density at radius 2 is 2.07 bits per heavy atom. The van der Waals surface area contributed by atoms with Crippen LogP contribution < -0.4 is 5.32 Å². The fourth-order valence-electron chi connectivity index (χ4n) is 1.77. The Bertz CT molecular complexity index is 292. The number of halogens is 2. The quantitative estimate of drug-likeness (QED) is 0.766. The maximum atomic E-state index is 12.3. The summed E-state index contributed by atoms with van der Waals surface area (Å²) in [6.45, 7) is 1.88. The highest BCUT2D eigenvalue weighted by Gasteiger charge is 2.19. The molecule has 0 saturated carbocycles. The zero-order valence-corrected chi connectivity index (χ0v) is 7.76. The van der Waals surface area contributed by atoms with Gasteiger partial charge in [-0.2, -0.15) is 0 Å². The van der Waals surface area contributed by atoms with Crippen molar-refractivity contribution in [2.75, 3.05) is 13.1 Å². The lowest BCUT2D eigenvalue weighted by Crippen LogP contribution is -2.27. The van der Waals surface area contributed by atoms with Crippen LogP contribution in [-0.4, -0.2) is 23.1 Å². The second-order valence-corrected chi connectivity index (χ2v) is 3.55. The first kappa shape index (κ1) is 9.58. The molecule has 1 aromatic rings. The molecule has 1 aliphatic rings. The summed E-state index contributed by atoms with van der Waals surface area (Å²) in [5, 5.41) is 3.22. The third-order valence-electron chi connectivity index (χ3n) is 2.58. The number of hydrogen-bond donors (Lipinski definition) is 2. The Labute approximate surface area is 80.9 Å². The molecule has 1 aromatic heterocycles. The maximum Gasteiger partial charge on any atom is 0.279 e. The minimum atomic E-state index is -2.45. The first-order valence-corrected chi connectivity index (χ1v) is 4.81. The molecule has 0 aliphatic carbocycles. The minimum absolute atomic E-state index is 0.0708. The van der Waals surface area contributed by atoms with Crippen molar-refractivity contribution < 1.29 is 8.78 Å². The zero-order chi connectivity index (χ0) is 9.97. The van der Waals surface area contributed by atoms with Crippen LogP contribution in [0.25, 0.3) is 0 Å². The number of aromatic amines is 1. The predicted molar refractivity (Wildman–Crippen MR) is 48.4 cm³/mol. The number of imidazole rings is 1. The molecular formula is C9H13F2N3. The van der Waals surface area contributed by atoms with Crippen molar-refractivity contribution in [3.05, 3.63) is 17.7 Å². The lowest BCUT2D eigenvalue weighted by atomic mass is 9.98. The summed E-state index contributed by atoms with van der Waals surface area (Å²) in [5.74, 6) is 1.02. The summed E-state index contributed by atoms with van der Waals surface area (Å²) in [6, 6.07) is 0. The van der Waals surface area contributed by atoms with Crippen LogP contribution in [0.2, 0.25) is 0 Å².